The van der Waals surface area contributed by atoms with E-state index in [1.54, 1.807) is 18.2 Å². The molecule has 1 amide bonds. The number of hydrogen-bond donors (Lipinski definition) is 2. The van der Waals surface area contributed by atoms with Crippen molar-refractivity contribution in [3.8, 4) is 5.75 Å². The van der Waals surface area contributed by atoms with E-state index in [0.717, 1.165) is 0 Å². The van der Waals surface area contributed by atoms with Gasteiger partial charge in [-0.3, -0.25) is 4.79 Å². The van der Waals surface area contributed by atoms with Crippen LogP contribution in [-0.4, -0.2) is 38.7 Å². The van der Waals surface area contributed by atoms with Gasteiger partial charge in [0.25, 0.3) is 5.72 Å². The van der Waals surface area contributed by atoms with Crippen LogP contribution in [0.25, 0.3) is 0 Å². The van der Waals surface area contributed by atoms with Crippen LogP contribution in [-0.2, 0) is 11.2 Å². The second kappa shape index (κ2) is 7.44. The number of para-hydroxylation sites is 1. The van der Waals surface area contributed by atoms with Crippen LogP contribution in [0, 0.1) is 0 Å². The fraction of sp³-hybridized carbons (Fsp3) is 0.263. The number of phenolic OH excluding ortho intramolecular Hbond substituents is 1. The zero-order chi connectivity index (χ0) is 20.5. The Balaban J connectivity index is 1.86. The Morgan fingerprint density at radius 3 is 2.43 bits per heavy atom. The number of phenols is 1. The molecule has 0 spiro atoms. The highest BCUT2D eigenvalue weighted by Gasteiger charge is 2.63. The molecule has 0 unspecified atom stereocenters. The number of nitrogens with zero attached hydrogens (tertiary/aromatic N) is 2. The Kier molecular flexibility index (Phi) is 5.36. The maximum atomic E-state index is 13.6. The molecule has 0 saturated carbocycles. The Bertz CT molecular complexity index is 915. The van der Waals surface area contributed by atoms with Crippen LogP contribution in [0.2, 0.25) is 5.02 Å². The van der Waals surface area contributed by atoms with Gasteiger partial charge < -0.3 is 10.2 Å². The normalized spacial score (nSPS) is 19.6. The summed E-state index contributed by atoms with van der Waals surface area (Å²) in [5.74, 6) is -1.07. The number of amides is 1. The minimum absolute atomic E-state index is 0.00173. The average molecular weight is 413 g/mol. The molecule has 1 aliphatic rings. The van der Waals surface area contributed by atoms with Gasteiger partial charge in [0.05, 0.1) is 12.1 Å². The van der Waals surface area contributed by atoms with E-state index in [2.05, 4.69) is 5.10 Å². The lowest BCUT2D eigenvalue weighted by Gasteiger charge is -2.32. The van der Waals surface area contributed by atoms with Gasteiger partial charge in [-0.2, -0.15) is 23.3 Å². The monoisotopic (exact) mass is 412 g/mol. The summed E-state index contributed by atoms with van der Waals surface area (Å²) < 4.78 is 40.7. The summed E-state index contributed by atoms with van der Waals surface area (Å²) in [7, 11) is 0. The molecule has 2 N–H and O–H groups in total. The number of carbonyl (C=O) groups excluding carboxylic acids is 1. The summed E-state index contributed by atoms with van der Waals surface area (Å²) >= 11 is 5.78. The zero-order valence-electron chi connectivity index (χ0n) is 14.4. The largest absolute Gasteiger partial charge is 0.508 e. The Morgan fingerprint density at radius 1 is 1.18 bits per heavy atom. The summed E-state index contributed by atoms with van der Waals surface area (Å²) in [5, 5.41) is 24.3. The van der Waals surface area contributed by atoms with E-state index in [-0.39, 0.29) is 29.3 Å². The molecule has 2 aromatic carbocycles. The molecule has 2 aromatic rings. The third-order valence-electron chi connectivity index (χ3n) is 4.45. The fourth-order valence-corrected chi connectivity index (χ4v) is 3.03. The number of hydrogen-bond acceptors (Lipinski definition) is 4. The Hall–Kier alpha value is -2.58. The fourth-order valence-electron chi connectivity index (χ4n) is 2.90. The van der Waals surface area contributed by atoms with Crippen LogP contribution in [0.4, 0.5) is 13.2 Å². The lowest BCUT2D eigenvalue weighted by Crippen LogP contribution is -2.56. The average Bonchev–Trinajstić information content (AvgIpc) is 3.00. The zero-order valence-corrected chi connectivity index (χ0v) is 15.2. The maximum absolute atomic E-state index is 13.6. The van der Waals surface area contributed by atoms with Gasteiger partial charge in [0.15, 0.2) is 0 Å². The molecule has 3 rings (SSSR count). The van der Waals surface area contributed by atoms with Crippen LogP contribution in [0.5, 0.6) is 5.75 Å². The molecular weight excluding hydrogens is 397 g/mol. The second-order valence-corrected chi connectivity index (χ2v) is 6.82. The van der Waals surface area contributed by atoms with E-state index in [1.807, 2.05) is 0 Å². The third kappa shape index (κ3) is 3.83. The molecule has 148 valence electrons. The Labute approximate surface area is 163 Å². The molecule has 5 nitrogen and oxygen atoms in total. The molecule has 1 heterocycles. The molecule has 1 aliphatic heterocycles. The smallest absolute Gasteiger partial charge is 0.438 e. The van der Waals surface area contributed by atoms with Crippen molar-refractivity contribution in [2.24, 2.45) is 5.10 Å². The van der Waals surface area contributed by atoms with E-state index in [9.17, 15) is 28.2 Å². The number of alkyl halides is 3. The summed E-state index contributed by atoms with van der Waals surface area (Å²) in [6, 6.07) is 12.1. The lowest BCUT2D eigenvalue weighted by atomic mass is 10.0. The molecule has 0 fully saturated rings. The van der Waals surface area contributed by atoms with Crippen LogP contribution < -0.4 is 0 Å². The van der Waals surface area contributed by atoms with Crippen molar-refractivity contribution < 1.29 is 28.2 Å². The van der Waals surface area contributed by atoms with E-state index in [4.69, 9.17) is 11.6 Å². The van der Waals surface area contributed by atoms with Gasteiger partial charge in [-0.25, -0.2) is 0 Å². The first-order chi connectivity index (χ1) is 13.1. The summed E-state index contributed by atoms with van der Waals surface area (Å²) in [6.07, 6.45) is -6.36. The molecule has 0 radical (unpaired) electrons. The quantitative estimate of drug-likeness (QED) is 0.800. The second-order valence-electron chi connectivity index (χ2n) is 6.38. The molecule has 28 heavy (non-hydrogen) atoms. The van der Waals surface area contributed by atoms with Crippen LogP contribution in [0.3, 0.4) is 0 Å². The number of rotatable bonds is 4. The van der Waals surface area contributed by atoms with Crippen LogP contribution in [0.1, 0.15) is 24.0 Å². The molecule has 1 atom stereocenters. The van der Waals surface area contributed by atoms with Crippen molar-refractivity contribution in [3.05, 3.63) is 64.7 Å². The lowest BCUT2D eigenvalue weighted by molar-refractivity contribution is -0.302. The molecule has 0 saturated heterocycles. The molecule has 0 aliphatic carbocycles. The van der Waals surface area contributed by atoms with Crippen molar-refractivity contribution >= 4 is 23.2 Å². The van der Waals surface area contributed by atoms with Gasteiger partial charge >= 0.3 is 6.18 Å². The number of aromatic hydroxyl groups is 1. The van der Waals surface area contributed by atoms with E-state index in [1.165, 1.54) is 30.3 Å². The predicted molar refractivity (Wildman–Crippen MR) is 96.9 cm³/mol. The summed E-state index contributed by atoms with van der Waals surface area (Å²) in [6.45, 7) is 0. The minimum Gasteiger partial charge on any atom is -0.508 e. The van der Waals surface area contributed by atoms with Crippen LogP contribution >= 0.6 is 11.6 Å². The first-order valence-electron chi connectivity index (χ1n) is 8.34. The SMILES string of the molecule is O=C(CCc1ccccc1O)N1N=C(c2ccc(Cl)cc2)C[C@@]1(O)C(F)(F)F. The predicted octanol–water partition coefficient (Wildman–Crippen LogP) is 3.87. The number of aliphatic hydroxyl groups is 1. The minimum atomic E-state index is -5.10. The van der Waals surface area contributed by atoms with Crippen molar-refractivity contribution in [1.29, 1.82) is 0 Å². The van der Waals surface area contributed by atoms with E-state index < -0.39 is 24.2 Å². The number of halogens is 4. The van der Waals surface area contributed by atoms with Crippen molar-refractivity contribution in [2.75, 3.05) is 0 Å². The summed E-state index contributed by atoms with van der Waals surface area (Å²) in [5.41, 5.74) is -2.78. The molecular formula is C19H16ClF3N2O3. The number of hydrazone groups is 1. The number of carbonyl (C=O) groups is 1. The van der Waals surface area contributed by atoms with Crippen molar-refractivity contribution in [2.45, 2.75) is 31.2 Å². The molecule has 9 heteroatoms. The highest BCUT2D eigenvalue weighted by Crippen LogP contribution is 2.41. The van der Waals surface area contributed by atoms with Gasteiger partial charge in [-0.05, 0) is 35.7 Å². The first-order valence-corrected chi connectivity index (χ1v) is 8.72. The van der Waals surface area contributed by atoms with Gasteiger partial charge in [0, 0.05) is 11.4 Å². The highest BCUT2D eigenvalue weighted by molar-refractivity contribution is 6.30. The van der Waals surface area contributed by atoms with Gasteiger partial charge in [-0.1, -0.05) is 41.9 Å². The van der Waals surface area contributed by atoms with Gasteiger partial charge in [0.1, 0.15) is 5.75 Å². The standard InChI is InChI=1S/C19H16ClF3N2O3/c20-14-8-5-12(6-9-14)15-11-18(28,19(21,22)23)25(24-15)17(27)10-7-13-3-1-2-4-16(13)26/h1-6,8-9,26,28H,7,10-11H2/t18-/m1/s1. The topological polar surface area (TPSA) is 73.1 Å². The van der Waals surface area contributed by atoms with Gasteiger partial charge in [-0.15, -0.1) is 0 Å². The summed E-state index contributed by atoms with van der Waals surface area (Å²) in [4.78, 5) is 12.5. The van der Waals surface area contributed by atoms with E-state index in [0.29, 0.717) is 16.1 Å². The van der Waals surface area contributed by atoms with Crippen LogP contribution in [0.15, 0.2) is 53.6 Å². The maximum Gasteiger partial charge on any atom is 0.438 e. The third-order valence-corrected chi connectivity index (χ3v) is 4.70. The number of benzene rings is 2. The van der Waals surface area contributed by atoms with Crippen molar-refractivity contribution in [1.82, 2.24) is 5.01 Å². The van der Waals surface area contributed by atoms with E-state index >= 15 is 0 Å². The highest BCUT2D eigenvalue weighted by atomic mass is 35.5. The first kappa shape index (κ1) is 20.2. The Morgan fingerprint density at radius 2 is 1.82 bits per heavy atom. The van der Waals surface area contributed by atoms with Crippen molar-refractivity contribution in [3.63, 3.8) is 0 Å². The molecule has 0 bridgehead atoms. The number of aryl methyl sites for hydroxylation is 1. The van der Waals surface area contributed by atoms with Gasteiger partial charge in [0.2, 0.25) is 5.91 Å². The molecule has 0 aromatic heterocycles.